The monoisotopic (exact) mass is 224 g/mol. The van der Waals surface area contributed by atoms with Crippen LogP contribution in [0.3, 0.4) is 0 Å². The molecule has 0 radical (unpaired) electrons. The van der Waals surface area contributed by atoms with Gasteiger partial charge in [-0.1, -0.05) is 33.6 Å². The third-order valence-corrected chi connectivity index (χ3v) is 4.11. The van der Waals surface area contributed by atoms with Gasteiger partial charge in [-0.15, -0.1) is 0 Å². The average Bonchev–Trinajstić information content (AvgIpc) is 2.61. The molecule has 2 aliphatic rings. The molecule has 3 nitrogen and oxygen atoms in total. The SMILES string of the molecule is CC(C)C1NCC(=O)N1C1CCCCC1C. The van der Waals surface area contributed by atoms with Crippen LogP contribution in [0.2, 0.25) is 0 Å². The Morgan fingerprint density at radius 1 is 1.31 bits per heavy atom. The molecule has 1 saturated heterocycles. The Labute approximate surface area is 98.6 Å². The molecule has 3 atom stereocenters. The average molecular weight is 224 g/mol. The normalized spacial score (nSPS) is 36.1. The van der Waals surface area contributed by atoms with Gasteiger partial charge in [-0.3, -0.25) is 10.1 Å². The minimum atomic E-state index is 0.262. The van der Waals surface area contributed by atoms with Crippen LogP contribution < -0.4 is 5.32 Å². The first kappa shape index (κ1) is 11.9. The first-order chi connectivity index (χ1) is 7.61. The van der Waals surface area contributed by atoms with Crippen molar-refractivity contribution in [3.05, 3.63) is 0 Å². The Balaban J connectivity index is 2.12. The third kappa shape index (κ3) is 2.10. The molecule has 0 aromatic carbocycles. The zero-order valence-electron chi connectivity index (χ0n) is 10.7. The summed E-state index contributed by atoms with van der Waals surface area (Å²) in [5, 5.41) is 3.35. The van der Waals surface area contributed by atoms with Crippen LogP contribution in [0, 0.1) is 11.8 Å². The van der Waals surface area contributed by atoms with Gasteiger partial charge in [0.2, 0.25) is 5.91 Å². The Hall–Kier alpha value is -0.570. The maximum Gasteiger partial charge on any atom is 0.238 e. The molecule has 1 saturated carbocycles. The lowest BCUT2D eigenvalue weighted by molar-refractivity contribution is -0.132. The van der Waals surface area contributed by atoms with E-state index in [1.54, 1.807) is 0 Å². The smallest absolute Gasteiger partial charge is 0.238 e. The molecule has 0 aromatic heterocycles. The number of hydrogen-bond donors (Lipinski definition) is 1. The van der Waals surface area contributed by atoms with Crippen molar-refractivity contribution in [2.24, 2.45) is 11.8 Å². The van der Waals surface area contributed by atoms with Crippen LogP contribution in [0.5, 0.6) is 0 Å². The lowest BCUT2D eigenvalue weighted by Crippen LogP contribution is -2.50. The van der Waals surface area contributed by atoms with Crippen molar-refractivity contribution in [2.45, 2.75) is 58.7 Å². The summed E-state index contributed by atoms with van der Waals surface area (Å²) < 4.78 is 0. The molecule has 0 aromatic rings. The Morgan fingerprint density at radius 3 is 2.62 bits per heavy atom. The molecule has 0 bridgehead atoms. The van der Waals surface area contributed by atoms with Gasteiger partial charge in [-0.2, -0.15) is 0 Å². The van der Waals surface area contributed by atoms with E-state index in [1.165, 1.54) is 25.7 Å². The second-order valence-corrected chi connectivity index (χ2v) is 5.70. The predicted octanol–water partition coefficient (Wildman–Crippen LogP) is 1.98. The summed E-state index contributed by atoms with van der Waals surface area (Å²) in [6.45, 7) is 7.21. The standard InChI is InChI=1S/C13H24N2O/c1-9(2)13-14-8-12(16)15(13)11-7-5-4-6-10(11)3/h9-11,13-14H,4-8H2,1-3H3. The van der Waals surface area contributed by atoms with Gasteiger partial charge < -0.3 is 4.90 Å². The zero-order chi connectivity index (χ0) is 11.7. The number of carbonyl (C=O) groups is 1. The van der Waals surface area contributed by atoms with Gasteiger partial charge in [0.1, 0.15) is 0 Å². The minimum Gasteiger partial charge on any atom is -0.323 e. The number of nitrogens with zero attached hydrogens (tertiary/aromatic N) is 1. The van der Waals surface area contributed by atoms with Crippen molar-refractivity contribution in [1.29, 1.82) is 0 Å². The van der Waals surface area contributed by atoms with Gasteiger partial charge in [0.25, 0.3) is 0 Å². The predicted molar refractivity (Wildman–Crippen MR) is 64.9 cm³/mol. The van der Waals surface area contributed by atoms with Crippen LogP contribution >= 0.6 is 0 Å². The summed E-state index contributed by atoms with van der Waals surface area (Å²) in [6, 6.07) is 0.476. The van der Waals surface area contributed by atoms with Gasteiger partial charge in [0, 0.05) is 6.04 Å². The summed E-state index contributed by atoms with van der Waals surface area (Å²) in [6.07, 6.45) is 5.35. The van der Waals surface area contributed by atoms with Crippen LogP contribution in [0.15, 0.2) is 0 Å². The molecule has 3 unspecified atom stereocenters. The Kier molecular flexibility index (Phi) is 3.53. The van der Waals surface area contributed by atoms with E-state index in [1.807, 2.05) is 0 Å². The number of amides is 1. The molecule has 1 N–H and O–H groups in total. The van der Waals surface area contributed by atoms with E-state index < -0.39 is 0 Å². The van der Waals surface area contributed by atoms with E-state index in [9.17, 15) is 4.79 Å². The first-order valence-electron chi connectivity index (χ1n) is 6.66. The highest BCUT2D eigenvalue weighted by atomic mass is 16.2. The number of hydrogen-bond acceptors (Lipinski definition) is 2. The van der Waals surface area contributed by atoms with Crippen molar-refractivity contribution in [1.82, 2.24) is 10.2 Å². The molecule has 2 fully saturated rings. The molecule has 0 spiro atoms. The van der Waals surface area contributed by atoms with Gasteiger partial charge >= 0.3 is 0 Å². The third-order valence-electron chi connectivity index (χ3n) is 4.11. The number of nitrogens with one attached hydrogen (secondary N) is 1. The largest absolute Gasteiger partial charge is 0.323 e. The second-order valence-electron chi connectivity index (χ2n) is 5.70. The zero-order valence-corrected chi connectivity index (χ0v) is 10.7. The quantitative estimate of drug-likeness (QED) is 0.778. The molecule has 3 heteroatoms. The molecule has 16 heavy (non-hydrogen) atoms. The fourth-order valence-corrected chi connectivity index (χ4v) is 3.19. The lowest BCUT2D eigenvalue weighted by Gasteiger charge is -2.40. The van der Waals surface area contributed by atoms with E-state index in [2.05, 4.69) is 31.0 Å². The van der Waals surface area contributed by atoms with E-state index in [0.717, 1.165) is 0 Å². The van der Waals surface area contributed by atoms with E-state index in [0.29, 0.717) is 30.3 Å². The maximum absolute atomic E-state index is 12.0. The molecule has 1 aliphatic carbocycles. The van der Waals surface area contributed by atoms with Crippen LogP contribution in [0.1, 0.15) is 46.5 Å². The van der Waals surface area contributed by atoms with Crippen molar-refractivity contribution in [3.8, 4) is 0 Å². The molecule has 2 rings (SSSR count). The van der Waals surface area contributed by atoms with Crippen LogP contribution in [0.4, 0.5) is 0 Å². The highest BCUT2D eigenvalue weighted by Crippen LogP contribution is 2.31. The van der Waals surface area contributed by atoms with Gasteiger partial charge in [-0.05, 0) is 24.7 Å². The van der Waals surface area contributed by atoms with Crippen molar-refractivity contribution >= 4 is 5.91 Å². The Morgan fingerprint density at radius 2 is 2.00 bits per heavy atom. The van der Waals surface area contributed by atoms with Gasteiger partial charge in [-0.25, -0.2) is 0 Å². The summed E-state index contributed by atoms with van der Waals surface area (Å²) in [5.41, 5.74) is 0. The number of carbonyl (C=O) groups excluding carboxylic acids is 1. The number of rotatable bonds is 2. The fraction of sp³-hybridized carbons (Fsp3) is 0.923. The van der Waals surface area contributed by atoms with Crippen LogP contribution in [-0.2, 0) is 4.79 Å². The molecule has 92 valence electrons. The van der Waals surface area contributed by atoms with E-state index in [4.69, 9.17) is 0 Å². The van der Waals surface area contributed by atoms with Gasteiger partial charge in [0.05, 0.1) is 12.7 Å². The highest BCUT2D eigenvalue weighted by molar-refractivity contribution is 5.81. The Bertz CT molecular complexity index is 265. The first-order valence-corrected chi connectivity index (χ1v) is 6.66. The fourth-order valence-electron chi connectivity index (χ4n) is 3.19. The molecular weight excluding hydrogens is 200 g/mol. The molecule has 1 aliphatic heterocycles. The molecule has 1 heterocycles. The highest BCUT2D eigenvalue weighted by Gasteiger charge is 2.39. The van der Waals surface area contributed by atoms with Gasteiger partial charge in [0.15, 0.2) is 0 Å². The lowest BCUT2D eigenvalue weighted by atomic mass is 9.84. The maximum atomic E-state index is 12.0. The topological polar surface area (TPSA) is 32.3 Å². The summed E-state index contributed by atoms with van der Waals surface area (Å²) in [5.74, 6) is 1.47. The van der Waals surface area contributed by atoms with E-state index in [-0.39, 0.29) is 6.17 Å². The molecular formula is C13H24N2O. The molecule has 1 amide bonds. The van der Waals surface area contributed by atoms with Crippen molar-refractivity contribution < 1.29 is 4.79 Å². The van der Waals surface area contributed by atoms with Crippen LogP contribution in [-0.4, -0.2) is 29.6 Å². The summed E-state index contributed by atoms with van der Waals surface area (Å²) in [7, 11) is 0. The van der Waals surface area contributed by atoms with E-state index >= 15 is 0 Å². The van der Waals surface area contributed by atoms with Crippen molar-refractivity contribution in [3.63, 3.8) is 0 Å². The van der Waals surface area contributed by atoms with Crippen molar-refractivity contribution in [2.75, 3.05) is 6.54 Å². The minimum absolute atomic E-state index is 0.262. The summed E-state index contributed by atoms with van der Waals surface area (Å²) in [4.78, 5) is 14.1. The second kappa shape index (κ2) is 4.74. The van der Waals surface area contributed by atoms with Crippen LogP contribution in [0.25, 0.3) is 0 Å². The summed E-state index contributed by atoms with van der Waals surface area (Å²) >= 11 is 0.